The number of methoxy groups -OCH3 is 1. The maximum absolute atomic E-state index is 13.5. The van der Waals surface area contributed by atoms with E-state index in [-0.39, 0.29) is 22.0 Å². The van der Waals surface area contributed by atoms with Crippen molar-refractivity contribution in [3.63, 3.8) is 0 Å². The second kappa shape index (κ2) is 4.61. The standard InChI is InChI=1S/C11H9FN2O3S/c1-17-7-3-2-5(4-6(7)12)9-8(13)10(11(15)16)18-14-9/h2-4H,13H2,1H3,(H,15,16). The van der Waals surface area contributed by atoms with Gasteiger partial charge >= 0.3 is 5.97 Å². The van der Waals surface area contributed by atoms with E-state index in [4.69, 9.17) is 15.6 Å². The number of aromatic nitrogens is 1. The van der Waals surface area contributed by atoms with E-state index in [1.54, 1.807) is 6.07 Å². The first-order chi connectivity index (χ1) is 8.54. The largest absolute Gasteiger partial charge is 0.494 e. The number of carboxylic acid groups (broad SMARTS) is 1. The zero-order valence-electron chi connectivity index (χ0n) is 9.31. The van der Waals surface area contributed by atoms with Crippen molar-refractivity contribution < 1.29 is 19.0 Å². The molecule has 1 aromatic heterocycles. The van der Waals surface area contributed by atoms with Crippen molar-refractivity contribution in [2.24, 2.45) is 0 Å². The molecule has 7 heteroatoms. The third-order valence-corrected chi connectivity index (χ3v) is 3.20. The van der Waals surface area contributed by atoms with E-state index in [2.05, 4.69) is 4.37 Å². The Morgan fingerprint density at radius 1 is 1.56 bits per heavy atom. The van der Waals surface area contributed by atoms with E-state index >= 15 is 0 Å². The maximum Gasteiger partial charge on any atom is 0.349 e. The predicted molar refractivity (Wildman–Crippen MR) is 65.4 cm³/mol. The van der Waals surface area contributed by atoms with Crippen molar-refractivity contribution >= 4 is 23.2 Å². The van der Waals surface area contributed by atoms with Gasteiger partial charge in [0.25, 0.3) is 0 Å². The number of hydrogen-bond donors (Lipinski definition) is 2. The van der Waals surface area contributed by atoms with Crippen molar-refractivity contribution in [1.29, 1.82) is 0 Å². The quantitative estimate of drug-likeness (QED) is 0.891. The monoisotopic (exact) mass is 268 g/mol. The highest BCUT2D eigenvalue weighted by Crippen LogP contribution is 2.32. The van der Waals surface area contributed by atoms with Crippen LogP contribution in [0.15, 0.2) is 18.2 Å². The van der Waals surface area contributed by atoms with Crippen molar-refractivity contribution in [3.8, 4) is 17.0 Å². The van der Waals surface area contributed by atoms with E-state index in [1.807, 2.05) is 0 Å². The molecule has 0 spiro atoms. The first-order valence-electron chi connectivity index (χ1n) is 4.87. The molecule has 0 saturated carbocycles. The minimum absolute atomic E-state index is 0.0390. The maximum atomic E-state index is 13.5. The number of rotatable bonds is 3. The molecule has 18 heavy (non-hydrogen) atoms. The van der Waals surface area contributed by atoms with Gasteiger partial charge in [0.15, 0.2) is 16.4 Å². The fraction of sp³-hybridized carbons (Fsp3) is 0.0909. The summed E-state index contributed by atoms with van der Waals surface area (Å²) in [5.74, 6) is -1.60. The van der Waals surface area contributed by atoms with Crippen molar-refractivity contribution in [3.05, 3.63) is 28.9 Å². The summed E-state index contributed by atoms with van der Waals surface area (Å²) in [6.07, 6.45) is 0. The smallest absolute Gasteiger partial charge is 0.349 e. The lowest BCUT2D eigenvalue weighted by Crippen LogP contribution is -1.98. The molecule has 1 heterocycles. The molecule has 3 N–H and O–H groups in total. The Hall–Kier alpha value is -2.15. The number of carboxylic acids is 1. The average Bonchev–Trinajstić information content (AvgIpc) is 2.71. The number of ether oxygens (including phenoxy) is 1. The number of benzene rings is 1. The topological polar surface area (TPSA) is 85.4 Å². The Labute approximate surface area is 106 Å². The second-order valence-corrected chi connectivity index (χ2v) is 4.20. The summed E-state index contributed by atoms with van der Waals surface area (Å²) in [6, 6.07) is 4.21. The van der Waals surface area contributed by atoms with Crippen LogP contribution in [0.4, 0.5) is 10.1 Å². The number of nitrogen functional groups attached to an aromatic ring is 1. The van der Waals surface area contributed by atoms with Crippen LogP contribution in [0.5, 0.6) is 5.75 Å². The number of halogens is 1. The zero-order chi connectivity index (χ0) is 13.3. The van der Waals surface area contributed by atoms with Gasteiger partial charge in [-0.1, -0.05) is 0 Å². The van der Waals surface area contributed by atoms with Gasteiger partial charge in [0, 0.05) is 5.56 Å². The minimum Gasteiger partial charge on any atom is -0.494 e. The van der Waals surface area contributed by atoms with Gasteiger partial charge < -0.3 is 15.6 Å². The summed E-state index contributed by atoms with van der Waals surface area (Å²) in [5, 5.41) is 8.86. The van der Waals surface area contributed by atoms with Gasteiger partial charge in [-0.3, -0.25) is 0 Å². The van der Waals surface area contributed by atoms with Crippen LogP contribution in [0.1, 0.15) is 9.67 Å². The number of nitrogens with zero attached hydrogens (tertiary/aromatic N) is 1. The van der Waals surface area contributed by atoms with Crippen LogP contribution in [-0.4, -0.2) is 22.6 Å². The van der Waals surface area contributed by atoms with Gasteiger partial charge in [-0.2, -0.15) is 4.37 Å². The van der Waals surface area contributed by atoms with Crippen LogP contribution >= 0.6 is 11.5 Å². The minimum atomic E-state index is -1.15. The van der Waals surface area contributed by atoms with Gasteiger partial charge in [-0.05, 0) is 29.7 Å². The molecule has 0 bridgehead atoms. The average molecular weight is 268 g/mol. The third kappa shape index (κ3) is 2.00. The summed E-state index contributed by atoms with van der Waals surface area (Å²) >= 11 is 0.767. The first-order valence-corrected chi connectivity index (χ1v) is 5.64. The van der Waals surface area contributed by atoms with Crippen molar-refractivity contribution in [1.82, 2.24) is 4.37 Å². The molecule has 0 aliphatic heterocycles. The van der Waals surface area contributed by atoms with E-state index in [0.29, 0.717) is 5.56 Å². The van der Waals surface area contributed by atoms with Gasteiger partial charge in [-0.25, -0.2) is 9.18 Å². The number of aromatic carboxylic acids is 1. The lowest BCUT2D eigenvalue weighted by molar-refractivity contribution is 0.0703. The number of hydrogen-bond acceptors (Lipinski definition) is 5. The molecule has 5 nitrogen and oxygen atoms in total. The van der Waals surface area contributed by atoms with Crippen LogP contribution in [0.2, 0.25) is 0 Å². The summed E-state index contributed by atoms with van der Waals surface area (Å²) in [7, 11) is 1.36. The van der Waals surface area contributed by atoms with Crippen LogP contribution in [-0.2, 0) is 0 Å². The molecular formula is C11H9FN2O3S. The first kappa shape index (κ1) is 12.3. The molecule has 94 valence electrons. The molecule has 2 rings (SSSR count). The predicted octanol–water partition coefficient (Wildman–Crippen LogP) is 2.24. The van der Waals surface area contributed by atoms with Crippen LogP contribution in [0.25, 0.3) is 11.3 Å². The Kier molecular flexibility index (Phi) is 3.15. The Bertz CT molecular complexity index is 612. The lowest BCUT2D eigenvalue weighted by atomic mass is 10.1. The molecule has 0 amide bonds. The number of carbonyl (C=O) groups is 1. The zero-order valence-corrected chi connectivity index (χ0v) is 10.1. The van der Waals surface area contributed by atoms with Crippen LogP contribution in [0, 0.1) is 5.82 Å². The number of nitrogens with two attached hydrogens (primary N) is 1. The van der Waals surface area contributed by atoms with E-state index < -0.39 is 11.8 Å². The van der Waals surface area contributed by atoms with Crippen molar-refractivity contribution in [2.45, 2.75) is 0 Å². The molecule has 0 saturated heterocycles. The highest BCUT2D eigenvalue weighted by atomic mass is 32.1. The third-order valence-electron chi connectivity index (χ3n) is 2.35. The molecule has 0 radical (unpaired) electrons. The number of anilines is 1. The highest BCUT2D eigenvalue weighted by molar-refractivity contribution is 7.09. The Balaban J connectivity index is 2.49. The molecule has 2 aromatic rings. The fourth-order valence-electron chi connectivity index (χ4n) is 1.47. The molecule has 0 atom stereocenters. The van der Waals surface area contributed by atoms with Gasteiger partial charge in [0.1, 0.15) is 5.69 Å². The van der Waals surface area contributed by atoms with E-state index in [9.17, 15) is 9.18 Å². The summed E-state index contributed by atoms with van der Waals surface area (Å²) in [6.45, 7) is 0. The van der Waals surface area contributed by atoms with Crippen LogP contribution in [0.3, 0.4) is 0 Å². The fourth-order valence-corrected chi connectivity index (χ4v) is 2.13. The summed E-state index contributed by atoms with van der Waals surface area (Å²) < 4.78 is 22.3. The summed E-state index contributed by atoms with van der Waals surface area (Å²) in [4.78, 5) is 10.8. The second-order valence-electron chi connectivity index (χ2n) is 3.43. The molecule has 0 aliphatic carbocycles. The van der Waals surface area contributed by atoms with Gasteiger partial charge in [0.05, 0.1) is 12.8 Å². The Morgan fingerprint density at radius 3 is 2.78 bits per heavy atom. The molecule has 0 fully saturated rings. The molecule has 0 aliphatic rings. The highest BCUT2D eigenvalue weighted by Gasteiger charge is 2.18. The SMILES string of the molecule is COc1ccc(-c2nsc(C(=O)O)c2N)cc1F. The normalized spacial score (nSPS) is 10.3. The van der Waals surface area contributed by atoms with E-state index in [1.165, 1.54) is 19.2 Å². The molecule has 1 aromatic carbocycles. The Morgan fingerprint density at radius 2 is 2.28 bits per heavy atom. The van der Waals surface area contributed by atoms with Gasteiger partial charge in [0.2, 0.25) is 0 Å². The molecular weight excluding hydrogens is 259 g/mol. The van der Waals surface area contributed by atoms with Crippen LogP contribution < -0.4 is 10.5 Å². The van der Waals surface area contributed by atoms with Crippen molar-refractivity contribution in [2.75, 3.05) is 12.8 Å². The summed E-state index contributed by atoms with van der Waals surface area (Å²) in [5.41, 5.74) is 6.38. The van der Waals surface area contributed by atoms with E-state index in [0.717, 1.165) is 11.5 Å². The molecule has 0 unspecified atom stereocenters. The van der Waals surface area contributed by atoms with Gasteiger partial charge in [-0.15, -0.1) is 0 Å². The lowest BCUT2D eigenvalue weighted by Gasteiger charge is -2.04.